The minimum Gasteiger partial charge on any atom is -0.352 e. The van der Waals surface area contributed by atoms with Gasteiger partial charge in [-0.3, -0.25) is 4.79 Å². The summed E-state index contributed by atoms with van der Waals surface area (Å²) in [4.78, 5) is 15.0. The van der Waals surface area contributed by atoms with Crippen LogP contribution in [0.1, 0.15) is 63.2 Å². The van der Waals surface area contributed by atoms with Crippen LogP contribution in [-0.4, -0.2) is 62.3 Å². The zero-order chi connectivity index (χ0) is 20.7. The lowest BCUT2D eigenvalue weighted by atomic mass is 10.0. The van der Waals surface area contributed by atoms with Crippen LogP contribution in [0.4, 0.5) is 0 Å². The molecule has 0 bridgehead atoms. The van der Waals surface area contributed by atoms with Crippen molar-refractivity contribution in [2.24, 2.45) is 0 Å². The van der Waals surface area contributed by atoms with Crippen LogP contribution in [0.25, 0.3) is 0 Å². The second-order valence-corrected chi connectivity index (χ2v) is 9.98. The summed E-state index contributed by atoms with van der Waals surface area (Å²) in [6.45, 7) is 8.86. The van der Waals surface area contributed by atoms with Crippen LogP contribution in [0.3, 0.4) is 0 Å². The highest BCUT2D eigenvalue weighted by Crippen LogP contribution is 2.18. The average Bonchev–Trinajstić information content (AvgIpc) is 2.68. The van der Waals surface area contributed by atoms with Gasteiger partial charge in [0.1, 0.15) is 0 Å². The third kappa shape index (κ3) is 6.03. The first-order valence-electron chi connectivity index (χ1n) is 10.3. The number of hydrogen-bond donors (Lipinski definition) is 1. The fraction of sp³-hybridized carbons (Fsp3) is 0.667. The van der Waals surface area contributed by atoms with Gasteiger partial charge in [-0.25, -0.2) is 8.42 Å². The summed E-state index contributed by atoms with van der Waals surface area (Å²) in [6, 6.07) is 6.70. The van der Waals surface area contributed by atoms with Crippen LogP contribution >= 0.6 is 0 Å². The van der Waals surface area contributed by atoms with Crippen LogP contribution in [0.5, 0.6) is 0 Å². The summed E-state index contributed by atoms with van der Waals surface area (Å²) in [5.74, 6) is -0.160. The van der Waals surface area contributed by atoms with Crippen LogP contribution in [0.15, 0.2) is 29.2 Å². The Balaban J connectivity index is 1.78. The van der Waals surface area contributed by atoms with Gasteiger partial charge >= 0.3 is 0 Å². The third-order valence-corrected chi connectivity index (χ3v) is 7.67. The molecule has 2 rings (SSSR count). The van der Waals surface area contributed by atoms with Gasteiger partial charge in [0.15, 0.2) is 0 Å². The first kappa shape index (κ1) is 22.8. The second kappa shape index (κ2) is 10.4. The van der Waals surface area contributed by atoms with Gasteiger partial charge in [0.2, 0.25) is 10.0 Å². The van der Waals surface area contributed by atoms with Crippen LogP contribution in [0.2, 0.25) is 0 Å². The number of carbonyl (C=O) groups excluding carboxylic acids is 1. The molecule has 1 amide bonds. The molecule has 1 aliphatic rings. The summed E-state index contributed by atoms with van der Waals surface area (Å²) in [6.07, 6.45) is 5.93. The van der Waals surface area contributed by atoms with Gasteiger partial charge < -0.3 is 10.2 Å². The minimum absolute atomic E-state index is 0.124. The predicted molar refractivity (Wildman–Crippen MR) is 113 cm³/mol. The molecular weight excluding hydrogens is 374 g/mol. The van der Waals surface area contributed by atoms with Crippen LogP contribution < -0.4 is 5.32 Å². The second-order valence-electron chi connectivity index (χ2n) is 7.98. The number of unbranched alkanes of at least 4 members (excludes halogenated alkanes) is 1. The van der Waals surface area contributed by atoms with Gasteiger partial charge in [0.05, 0.1) is 4.90 Å². The van der Waals surface area contributed by atoms with Crippen molar-refractivity contribution in [3.8, 4) is 0 Å². The highest BCUT2D eigenvalue weighted by Gasteiger charge is 2.23. The first-order chi connectivity index (χ1) is 13.2. The van der Waals surface area contributed by atoms with E-state index >= 15 is 0 Å². The van der Waals surface area contributed by atoms with Crippen molar-refractivity contribution < 1.29 is 13.2 Å². The maximum atomic E-state index is 12.5. The SMILES string of the molecule is CC1CCCCN1CCCCNC(=O)c1ccc(S(=O)(=O)N(C)C(C)C)cc1. The Bertz CT molecular complexity index is 732. The van der Waals surface area contributed by atoms with E-state index in [0.29, 0.717) is 18.2 Å². The number of likely N-dealkylation sites (tertiary alicyclic amines) is 1. The van der Waals surface area contributed by atoms with Gasteiger partial charge in [-0.15, -0.1) is 0 Å². The van der Waals surface area contributed by atoms with E-state index < -0.39 is 10.0 Å². The number of nitrogens with zero attached hydrogens (tertiary/aromatic N) is 2. The average molecular weight is 410 g/mol. The molecule has 1 saturated heterocycles. The van der Waals surface area contributed by atoms with Crippen LogP contribution in [0, 0.1) is 0 Å². The summed E-state index contributed by atoms with van der Waals surface area (Å²) in [5, 5.41) is 2.93. The van der Waals surface area contributed by atoms with E-state index in [4.69, 9.17) is 0 Å². The van der Waals surface area contributed by atoms with Gasteiger partial charge in [-0.05, 0) is 83.8 Å². The Hall–Kier alpha value is -1.44. The molecule has 1 N–H and O–H groups in total. The number of nitrogens with one attached hydrogen (secondary N) is 1. The van der Waals surface area contributed by atoms with Crippen molar-refractivity contribution in [1.82, 2.24) is 14.5 Å². The van der Waals surface area contributed by atoms with Gasteiger partial charge in [-0.1, -0.05) is 6.42 Å². The fourth-order valence-corrected chi connectivity index (χ4v) is 4.82. The molecule has 1 unspecified atom stereocenters. The van der Waals surface area contributed by atoms with Crippen molar-refractivity contribution in [2.75, 3.05) is 26.7 Å². The van der Waals surface area contributed by atoms with Crippen molar-refractivity contribution in [3.05, 3.63) is 29.8 Å². The first-order valence-corrected chi connectivity index (χ1v) is 11.8. The molecule has 0 saturated carbocycles. The lowest BCUT2D eigenvalue weighted by Crippen LogP contribution is -2.38. The Labute approximate surface area is 170 Å². The number of carbonyl (C=O) groups is 1. The number of amides is 1. The minimum atomic E-state index is -3.52. The number of rotatable bonds is 9. The zero-order valence-electron chi connectivity index (χ0n) is 17.6. The maximum Gasteiger partial charge on any atom is 0.251 e. The lowest BCUT2D eigenvalue weighted by molar-refractivity contribution is 0.0951. The van der Waals surface area contributed by atoms with Crippen molar-refractivity contribution in [2.45, 2.75) is 69.9 Å². The largest absolute Gasteiger partial charge is 0.352 e. The zero-order valence-corrected chi connectivity index (χ0v) is 18.5. The smallest absolute Gasteiger partial charge is 0.251 e. The number of sulfonamides is 1. The quantitative estimate of drug-likeness (QED) is 0.636. The molecule has 1 atom stereocenters. The summed E-state index contributed by atoms with van der Waals surface area (Å²) in [5.41, 5.74) is 0.482. The number of piperidine rings is 1. The molecule has 158 valence electrons. The van der Waals surface area contributed by atoms with Crippen molar-refractivity contribution in [3.63, 3.8) is 0 Å². The normalized spacial score (nSPS) is 18.6. The van der Waals surface area contributed by atoms with E-state index in [-0.39, 0.29) is 16.8 Å². The Kier molecular flexibility index (Phi) is 8.46. The third-order valence-electron chi connectivity index (χ3n) is 5.62. The molecule has 1 aromatic rings. The maximum absolute atomic E-state index is 12.5. The molecule has 1 aromatic carbocycles. The molecule has 0 radical (unpaired) electrons. The topological polar surface area (TPSA) is 69.7 Å². The Morgan fingerprint density at radius 2 is 1.89 bits per heavy atom. The van der Waals surface area contributed by atoms with Gasteiger partial charge in [0, 0.05) is 31.2 Å². The van der Waals surface area contributed by atoms with E-state index in [1.807, 2.05) is 13.8 Å². The van der Waals surface area contributed by atoms with Crippen molar-refractivity contribution >= 4 is 15.9 Å². The monoisotopic (exact) mass is 409 g/mol. The molecule has 28 heavy (non-hydrogen) atoms. The molecule has 1 fully saturated rings. The number of benzene rings is 1. The lowest BCUT2D eigenvalue weighted by Gasteiger charge is -2.33. The highest BCUT2D eigenvalue weighted by atomic mass is 32.2. The standard InChI is InChI=1S/C21H35N3O3S/c1-17(2)23(4)28(26,27)20-12-10-19(11-13-20)21(25)22-14-6-8-16-24-15-7-5-9-18(24)3/h10-13,17-18H,5-9,14-16H2,1-4H3,(H,22,25). The number of hydrogen-bond acceptors (Lipinski definition) is 4. The van der Waals surface area contributed by atoms with E-state index in [2.05, 4.69) is 17.1 Å². The molecule has 1 heterocycles. The summed E-state index contributed by atoms with van der Waals surface area (Å²) in [7, 11) is -1.96. The van der Waals surface area contributed by atoms with Gasteiger partial charge in [-0.2, -0.15) is 4.31 Å². The van der Waals surface area contributed by atoms with Gasteiger partial charge in [0.25, 0.3) is 5.91 Å². The molecule has 1 aliphatic heterocycles. The molecule has 6 nitrogen and oxygen atoms in total. The molecule has 7 heteroatoms. The summed E-state index contributed by atoms with van der Waals surface area (Å²) >= 11 is 0. The Morgan fingerprint density at radius 3 is 2.50 bits per heavy atom. The predicted octanol–water partition coefficient (Wildman–Crippen LogP) is 3.10. The molecular formula is C21H35N3O3S. The summed E-state index contributed by atoms with van der Waals surface area (Å²) < 4.78 is 26.3. The highest BCUT2D eigenvalue weighted by molar-refractivity contribution is 7.89. The Morgan fingerprint density at radius 1 is 1.21 bits per heavy atom. The van der Waals surface area contributed by atoms with E-state index in [9.17, 15) is 13.2 Å². The molecule has 0 aromatic heterocycles. The van der Waals surface area contributed by atoms with E-state index in [1.165, 1.54) is 42.2 Å². The fourth-order valence-electron chi connectivity index (χ4n) is 3.46. The van der Waals surface area contributed by atoms with E-state index in [0.717, 1.165) is 19.4 Å². The van der Waals surface area contributed by atoms with E-state index in [1.54, 1.807) is 19.2 Å². The molecule has 0 spiro atoms. The molecule has 0 aliphatic carbocycles. The van der Waals surface area contributed by atoms with Crippen LogP contribution in [-0.2, 0) is 10.0 Å². The van der Waals surface area contributed by atoms with Crippen molar-refractivity contribution in [1.29, 1.82) is 0 Å².